The summed E-state index contributed by atoms with van der Waals surface area (Å²) in [6.45, 7) is 1.00. The molecule has 0 aliphatic heterocycles. The summed E-state index contributed by atoms with van der Waals surface area (Å²) in [7, 11) is 0. The lowest BCUT2D eigenvalue weighted by molar-refractivity contribution is 0.143. The van der Waals surface area contributed by atoms with Crippen molar-refractivity contribution in [1.29, 1.82) is 0 Å². The van der Waals surface area contributed by atoms with Gasteiger partial charge in [-0.1, -0.05) is 59.8 Å². The molecule has 3 unspecified atom stereocenters. The summed E-state index contributed by atoms with van der Waals surface area (Å²) in [5.74, 6) is 2.06. The van der Waals surface area contributed by atoms with Crippen molar-refractivity contribution in [2.75, 3.05) is 0 Å². The van der Waals surface area contributed by atoms with Gasteiger partial charge in [-0.15, -0.1) is 0 Å². The number of halogens is 1. The van der Waals surface area contributed by atoms with Crippen molar-refractivity contribution >= 4 is 15.9 Å². The summed E-state index contributed by atoms with van der Waals surface area (Å²) in [5, 5.41) is 3.78. The Morgan fingerprint density at radius 1 is 1.00 bits per heavy atom. The summed E-state index contributed by atoms with van der Waals surface area (Å²) in [4.78, 5) is 0. The van der Waals surface area contributed by atoms with Crippen molar-refractivity contribution in [3.63, 3.8) is 0 Å². The molecule has 0 amide bonds. The van der Waals surface area contributed by atoms with Crippen LogP contribution in [0.25, 0.3) is 0 Å². The van der Waals surface area contributed by atoms with E-state index in [0.717, 1.165) is 24.4 Å². The van der Waals surface area contributed by atoms with Crippen LogP contribution in [0, 0.1) is 11.8 Å². The van der Waals surface area contributed by atoms with Crippen molar-refractivity contribution in [3.05, 3.63) is 34.3 Å². The topological polar surface area (TPSA) is 12.0 Å². The first kappa shape index (κ1) is 13.6. The molecule has 2 heteroatoms. The molecule has 3 rings (SSSR count). The highest BCUT2D eigenvalue weighted by atomic mass is 79.9. The largest absolute Gasteiger partial charge is 0.310 e. The minimum atomic E-state index is 0.742. The van der Waals surface area contributed by atoms with Crippen molar-refractivity contribution in [2.45, 2.75) is 57.5 Å². The Kier molecular flexibility index (Phi) is 4.60. The van der Waals surface area contributed by atoms with Gasteiger partial charge < -0.3 is 5.32 Å². The van der Waals surface area contributed by atoms with Crippen molar-refractivity contribution in [1.82, 2.24) is 5.32 Å². The zero-order valence-corrected chi connectivity index (χ0v) is 13.2. The monoisotopic (exact) mass is 321 g/mol. The molecule has 2 saturated carbocycles. The molecule has 2 fully saturated rings. The fourth-order valence-electron chi connectivity index (χ4n) is 3.95. The molecule has 0 spiro atoms. The lowest BCUT2D eigenvalue weighted by Crippen LogP contribution is -2.38. The smallest absolute Gasteiger partial charge is 0.0220 e. The van der Waals surface area contributed by atoms with Crippen molar-refractivity contribution < 1.29 is 0 Å². The minimum Gasteiger partial charge on any atom is -0.310 e. The first-order valence-corrected chi connectivity index (χ1v) is 8.59. The van der Waals surface area contributed by atoms with Gasteiger partial charge in [0, 0.05) is 17.1 Å². The summed E-state index contributed by atoms with van der Waals surface area (Å²) in [6.07, 6.45) is 10.2. The van der Waals surface area contributed by atoms with E-state index in [1.54, 1.807) is 0 Å². The Balaban J connectivity index is 1.52. The molecule has 3 atom stereocenters. The highest BCUT2D eigenvalue weighted by Crippen LogP contribution is 2.40. The fraction of sp³-hybridized carbons (Fsp3) is 0.647. The van der Waals surface area contributed by atoms with Gasteiger partial charge in [-0.25, -0.2) is 0 Å². The van der Waals surface area contributed by atoms with Gasteiger partial charge >= 0.3 is 0 Å². The molecule has 0 bridgehead atoms. The predicted octanol–water partition coefficient (Wildman–Crippen LogP) is 4.90. The summed E-state index contributed by atoms with van der Waals surface area (Å²) >= 11 is 3.64. The third kappa shape index (κ3) is 3.41. The molecule has 19 heavy (non-hydrogen) atoms. The number of benzene rings is 1. The number of nitrogens with one attached hydrogen (secondary N) is 1. The first-order chi connectivity index (χ1) is 9.33. The van der Waals surface area contributed by atoms with E-state index in [2.05, 4.69) is 45.5 Å². The Morgan fingerprint density at radius 3 is 2.63 bits per heavy atom. The number of fused-ring (bicyclic) bond motifs is 1. The maximum Gasteiger partial charge on any atom is 0.0220 e. The van der Waals surface area contributed by atoms with E-state index in [9.17, 15) is 0 Å². The van der Waals surface area contributed by atoms with Gasteiger partial charge in [0.05, 0.1) is 0 Å². The van der Waals surface area contributed by atoms with Crippen LogP contribution < -0.4 is 5.32 Å². The highest BCUT2D eigenvalue weighted by Gasteiger charge is 2.31. The molecule has 1 aromatic rings. The summed E-state index contributed by atoms with van der Waals surface area (Å²) in [5.41, 5.74) is 1.38. The Morgan fingerprint density at radius 2 is 1.79 bits per heavy atom. The van der Waals surface area contributed by atoms with Crippen molar-refractivity contribution in [2.24, 2.45) is 11.8 Å². The minimum absolute atomic E-state index is 0.742. The average molecular weight is 322 g/mol. The first-order valence-electron chi connectivity index (χ1n) is 7.79. The SMILES string of the molecule is Brc1ccccc1CNC1CCC2CCCCC2C1. The molecule has 1 N–H and O–H groups in total. The molecule has 2 aliphatic rings. The van der Waals surface area contributed by atoms with Crippen LogP contribution in [0.5, 0.6) is 0 Å². The second-order valence-electron chi connectivity index (χ2n) is 6.29. The Bertz CT molecular complexity index is 417. The van der Waals surface area contributed by atoms with Crippen LogP contribution in [0.1, 0.15) is 50.5 Å². The summed E-state index contributed by atoms with van der Waals surface area (Å²) in [6, 6.07) is 9.30. The van der Waals surface area contributed by atoms with Crippen LogP contribution in [0.4, 0.5) is 0 Å². The van der Waals surface area contributed by atoms with Crippen LogP contribution in [0.15, 0.2) is 28.7 Å². The third-order valence-corrected chi connectivity index (χ3v) is 5.85. The Hall–Kier alpha value is -0.340. The maximum atomic E-state index is 3.78. The third-order valence-electron chi connectivity index (χ3n) is 5.08. The quantitative estimate of drug-likeness (QED) is 0.835. The normalized spacial score (nSPS) is 30.9. The van der Waals surface area contributed by atoms with Crippen LogP contribution in [0.3, 0.4) is 0 Å². The molecule has 2 aliphatic carbocycles. The second kappa shape index (κ2) is 6.41. The molecule has 0 aromatic heterocycles. The van der Waals surface area contributed by atoms with Crippen LogP contribution in [-0.4, -0.2) is 6.04 Å². The average Bonchev–Trinajstić information content (AvgIpc) is 2.46. The lowest BCUT2D eigenvalue weighted by Gasteiger charge is -2.39. The molecule has 1 aromatic carbocycles. The molecule has 0 saturated heterocycles. The van der Waals surface area contributed by atoms with E-state index in [-0.39, 0.29) is 0 Å². The van der Waals surface area contributed by atoms with Gasteiger partial charge in [-0.05, 0) is 42.7 Å². The predicted molar refractivity (Wildman–Crippen MR) is 84.1 cm³/mol. The van der Waals surface area contributed by atoms with Gasteiger partial charge in [0.25, 0.3) is 0 Å². The van der Waals surface area contributed by atoms with E-state index in [0.29, 0.717) is 0 Å². The number of hydrogen-bond donors (Lipinski definition) is 1. The van der Waals surface area contributed by atoms with E-state index >= 15 is 0 Å². The standard InChI is InChI=1S/C17H24BrN/c18-17-8-4-3-7-15(17)12-19-16-10-9-13-5-1-2-6-14(13)11-16/h3-4,7-8,13-14,16,19H,1-2,5-6,9-12H2. The second-order valence-corrected chi connectivity index (χ2v) is 7.14. The van der Waals surface area contributed by atoms with Gasteiger partial charge in [0.15, 0.2) is 0 Å². The van der Waals surface area contributed by atoms with Crippen LogP contribution in [-0.2, 0) is 6.54 Å². The number of rotatable bonds is 3. The molecule has 104 valence electrons. The molecular weight excluding hydrogens is 298 g/mol. The Labute approximate surface area is 125 Å². The van der Waals surface area contributed by atoms with E-state index < -0.39 is 0 Å². The maximum absolute atomic E-state index is 3.78. The molecular formula is C17H24BrN. The van der Waals surface area contributed by atoms with Gasteiger partial charge in [-0.2, -0.15) is 0 Å². The fourth-order valence-corrected chi connectivity index (χ4v) is 4.38. The molecule has 0 heterocycles. The van der Waals surface area contributed by atoms with Crippen LogP contribution in [0.2, 0.25) is 0 Å². The molecule has 1 nitrogen and oxygen atoms in total. The van der Waals surface area contributed by atoms with Gasteiger partial charge in [0.1, 0.15) is 0 Å². The lowest BCUT2D eigenvalue weighted by atomic mass is 9.69. The number of hydrogen-bond acceptors (Lipinski definition) is 1. The van der Waals surface area contributed by atoms with E-state index in [4.69, 9.17) is 0 Å². The van der Waals surface area contributed by atoms with E-state index in [1.807, 2.05) is 0 Å². The zero-order chi connectivity index (χ0) is 13.1. The summed E-state index contributed by atoms with van der Waals surface area (Å²) < 4.78 is 1.23. The van der Waals surface area contributed by atoms with Crippen LogP contribution >= 0.6 is 15.9 Å². The van der Waals surface area contributed by atoms with Gasteiger partial charge in [-0.3, -0.25) is 0 Å². The van der Waals surface area contributed by atoms with E-state index in [1.165, 1.54) is 55.0 Å². The van der Waals surface area contributed by atoms with Gasteiger partial charge in [0.2, 0.25) is 0 Å². The highest BCUT2D eigenvalue weighted by molar-refractivity contribution is 9.10. The zero-order valence-electron chi connectivity index (χ0n) is 11.6. The molecule has 0 radical (unpaired) electrons. The van der Waals surface area contributed by atoms with Crippen molar-refractivity contribution in [3.8, 4) is 0 Å².